The largest absolute Gasteiger partial charge is 0.434 e. The maximum atomic E-state index is 12.6. The highest BCUT2D eigenvalue weighted by atomic mass is 28.3. The lowest BCUT2D eigenvalue weighted by Crippen LogP contribution is -2.44. The second-order valence-electron chi connectivity index (χ2n) is 6.63. The van der Waals surface area contributed by atoms with Crippen molar-refractivity contribution in [3.05, 3.63) is 30.2 Å². The Kier molecular flexibility index (Phi) is 5.73. The van der Waals surface area contributed by atoms with Crippen molar-refractivity contribution in [3.63, 3.8) is 0 Å². The molecule has 0 unspecified atom stereocenters. The van der Waals surface area contributed by atoms with Crippen LogP contribution in [0.3, 0.4) is 0 Å². The van der Waals surface area contributed by atoms with Crippen LogP contribution < -0.4 is 11.1 Å². The molecule has 0 radical (unpaired) electrons. The third kappa shape index (κ3) is 4.53. The van der Waals surface area contributed by atoms with Crippen LogP contribution in [0, 0.1) is 0 Å². The van der Waals surface area contributed by atoms with E-state index in [2.05, 4.69) is 10.3 Å². The van der Waals surface area contributed by atoms with E-state index in [0.717, 1.165) is 0 Å². The number of nitrogens with two attached hydrogens (primary N) is 1. The molecule has 8 heteroatoms. The SMILES string of the molecule is CC[C@H](NC(=O)CC[Si](C)(C)C(N)=O)C(=O)c1nc2ccccc2o1. The quantitative estimate of drug-likeness (QED) is 0.554. The summed E-state index contributed by atoms with van der Waals surface area (Å²) in [6.45, 7) is 5.44. The number of hydrogen-bond acceptors (Lipinski definition) is 5. The summed E-state index contributed by atoms with van der Waals surface area (Å²) < 4.78 is 5.47. The van der Waals surface area contributed by atoms with Crippen LogP contribution in [0.2, 0.25) is 19.1 Å². The number of primary amides is 1. The molecule has 0 aliphatic heterocycles. The van der Waals surface area contributed by atoms with Crippen LogP contribution in [-0.2, 0) is 4.79 Å². The van der Waals surface area contributed by atoms with Crippen LogP contribution in [-0.4, -0.2) is 36.3 Å². The van der Waals surface area contributed by atoms with Crippen LogP contribution in [0.15, 0.2) is 28.7 Å². The Bertz CT molecular complexity index is 767. The first kappa shape index (κ1) is 18.8. The predicted molar refractivity (Wildman–Crippen MR) is 97.1 cm³/mol. The van der Waals surface area contributed by atoms with Gasteiger partial charge in [0.05, 0.1) is 6.04 Å². The van der Waals surface area contributed by atoms with Gasteiger partial charge in [0.25, 0.3) is 5.89 Å². The number of amides is 2. The molecule has 25 heavy (non-hydrogen) atoms. The van der Waals surface area contributed by atoms with Gasteiger partial charge in [0.2, 0.25) is 11.7 Å². The van der Waals surface area contributed by atoms with Crippen LogP contribution in [0.4, 0.5) is 4.79 Å². The summed E-state index contributed by atoms with van der Waals surface area (Å²) in [5.74, 6) is -0.656. The summed E-state index contributed by atoms with van der Waals surface area (Å²) in [5, 5.41) is 2.70. The third-order valence-corrected chi connectivity index (χ3v) is 7.04. The molecule has 134 valence electrons. The Morgan fingerprint density at radius 2 is 1.96 bits per heavy atom. The number of nitrogens with one attached hydrogen (secondary N) is 1. The topological polar surface area (TPSA) is 115 Å². The van der Waals surface area contributed by atoms with E-state index in [9.17, 15) is 14.4 Å². The molecule has 0 aliphatic carbocycles. The summed E-state index contributed by atoms with van der Waals surface area (Å²) >= 11 is 0. The number of ketones is 1. The van der Waals surface area contributed by atoms with Gasteiger partial charge in [-0.15, -0.1) is 0 Å². The number of nitrogens with zero attached hydrogens (tertiary/aromatic N) is 1. The number of aromatic nitrogens is 1. The zero-order chi connectivity index (χ0) is 18.6. The van der Waals surface area contributed by atoms with Gasteiger partial charge in [-0.25, -0.2) is 4.98 Å². The van der Waals surface area contributed by atoms with Gasteiger partial charge in [-0.05, 0) is 24.6 Å². The highest BCUT2D eigenvalue weighted by Gasteiger charge is 2.30. The van der Waals surface area contributed by atoms with Crippen molar-refractivity contribution < 1.29 is 18.8 Å². The number of para-hydroxylation sites is 2. The molecule has 1 atom stereocenters. The summed E-state index contributed by atoms with van der Waals surface area (Å²) in [4.78, 5) is 40.2. The van der Waals surface area contributed by atoms with Gasteiger partial charge in [-0.3, -0.25) is 14.4 Å². The lowest BCUT2D eigenvalue weighted by atomic mass is 10.1. The molecular weight excluding hydrogens is 338 g/mol. The first-order chi connectivity index (χ1) is 11.7. The fourth-order valence-corrected chi connectivity index (χ4v) is 3.39. The summed E-state index contributed by atoms with van der Waals surface area (Å²) in [6.07, 6.45) is 0.583. The molecule has 2 rings (SSSR count). The standard InChI is InChI=1S/C17H23N3O4Si/c1-4-11(19-14(21)9-10-25(2,3)17(18)23)15(22)16-20-12-7-5-6-8-13(12)24-16/h5-8,11H,4,9-10H2,1-3H3,(H2,18,23)(H,19,21)/t11-/m0/s1. The molecule has 2 amide bonds. The maximum Gasteiger partial charge on any atom is 0.266 e. The Morgan fingerprint density at radius 1 is 1.28 bits per heavy atom. The van der Waals surface area contributed by atoms with Crippen molar-refractivity contribution in [1.29, 1.82) is 0 Å². The van der Waals surface area contributed by atoms with Crippen LogP contribution in [0.1, 0.15) is 30.5 Å². The Hall–Kier alpha value is -2.48. The number of rotatable bonds is 8. The van der Waals surface area contributed by atoms with Gasteiger partial charge >= 0.3 is 0 Å². The molecule has 0 bridgehead atoms. The second kappa shape index (κ2) is 7.60. The number of benzene rings is 1. The molecule has 0 spiro atoms. The summed E-state index contributed by atoms with van der Waals surface area (Å²) in [5.41, 5.74) is 6.16. The lowest BCUT2D eigenvalue weighted by Gasteiger charge is -2.18. The minimum atomic E-state index is -2.26. The number of Topliss-reactive ketones (excluding diaryl/α,β-unsaturated/α-hetero) is 1. The van der Waals surface area contributed by atoms with Gasteiger partial charge in [0.1, 0.15) is 5.52 Å². The molecule has 3 N–H and O–H groups in total. The van der Waals surface area contributed by atoms with Crippen molar-refractivity contribution in [1.82, 2.24) is 10.3 Å². The number of hydrogen-bond donors (Lipinski definition) is 2. The van der Waals surface area contributed by atoms with E-state index in [-0.39, 0.29) is 29.5 Å². The molecule has 0 saturated heterocycles. The van der Waals surface area contributed by atoms with E-state index in [4.69, 9.17) is 10.2 Å². The number of oxazole rings is 1. The van der Waals surface area contributed by atoms with E-state index in [1.165, 1.54) is 0 Å². The molecule has 7 nitrogen and oxygen atoms in total. The first-order valence-corrected chi connectivity index (χ1v) is 11.4. The van der Waals surface area contributed by atoms with E-state index in [1.807, 2.05) is 19.2 Å². The zero-order valence-electron chi connectivity index (χ0n) is 14.7. The molecule has 2 aromatic rings. The molecule has 0 saturated carbocycles. The first-order valence-electron chi connectivity index (χ1n) is 8.23. The predicted octanol–water partition coefficient (Wildman–Crippen LogP) is 2.66. The molecule has 1 aromatic carbocycles. The Labute approximate surface area is 147 Å². The molecule has 1 aromatic heterocycles. The monoisotopic (exact) mass is 361 g/mol. The Morgan fingerprint density at radius 3 is 2.56 bits per heavy atom. The highest BCUT2D eigenvalue weighted by molar-refractivity contribution is 7.04. The average Bonchev–Trinajstić information content (AvgIpc) is 3.01. The van der Waals surface area contributed by atoms with Crippen LogP contribution in [0.25, 0.3) is 11.1 Å². The van der Waals surface area contributed by atoms with Gasteiger partial charge in [-0.2, -0.15) is 0 Å². The second-order valence-corrected chi connectivity index (χ2v) is 11.4. The zero-order valence-corrected chi connectivity index (χ0v) is 15.7. The lowest BCUT2D eigenvalue weighted by molar-refractivity contribution is -0.121. The highest BCUT2D eigenvalue weighted by Crippen LogP contribution is 2.17. The van der Waals surface area contributed by atoms with Crippen LogP contribution in [0.5, 0.6) is 0 Å². The van der Waals surface area contributed by atoms with Gasteiger partial charge in [0, 0.05) is 6.42 Å². The normalized spacial score (nSPS) is 12.8. The summed E-state index contributed by atoms with van der Waals surface area (Å²) in [6, 6.07) is 6.83. The van der Waals surface area contributed by atoms with Crippen molar-refractivity contribution in [2.75, 3.05) is 0 Å². The van der Waals surface area contributed by atoms with E-state index >= 15 is 0 Å². The fourth-order valence-electron chi connectivity index (χ4n) is 2.30. The average molecular weight is 361 g/mol. The molecular formula is C17H23N3O4Si. The van der Waals surface area contributed by atoms with Crippen molar-refractivity contribution in [2.24, 2.45) is 5.73 Å². The minimum Gasteiger partial charge on any atom is -0.434 e. The van der Waals surface area contributed by atoms with Crippen molar-refractivity contribution >= 4 is 36.4 Å². The molecule has 0 aliphatic rings. The number of carbonyl (C=O) groups is 3. The third-order valence-electron chi connectivity index (χ3n) is 4.21. The number of carbonyl (C=O) groups excluding carboxylic acids is 3. The van der Waals surface area contributed by atoms with E-state index in [1.54, 1.807) is 25.1 Å². The van der Waals surface area contributed by atoms with Crippen molar-refractivity contribution in [3.8, 4) is 0 Å². The maximum absolute atomic E-state index is 12.6. The van der Waals surface area contributed by atoms with Crippen LogP contribution >= 0.6 is 0 Å². The number of fused-ring (bicyclic) bond motifs is 1. The minimum absolute atomic E-state index is 0.0137. The fraction of sp³-hybridized carbons (Fsp3) is 0.412. The van der Waals surface area contributed by atoms with E-state index < -0.39 is 14.1 Å². The van der Waals surface area contributed by atoms with Gasteiger partial charge < -0.3 is 15.5 Å². The Balaban J connectivity index is 2.02. The van der Waals surface area contributed by atoms with Gasteiger partial charge in [-0.1, -0.05) is 32.2 Å². The van der Waals surface area contributed by atoms with Crippen molar-refractivity contribution in [2.45, 2.75) is 44.9 Å². The molecule has 0 fully saturated rings. The smallest absolute Gasteiger partial charge is 0.266 e. The summed E-state index contributed by atoms with van der Waals surface area (Å²) in [7, 11) is -2.26. The van der Waals surface area contributed by atoms with Gasteiger partial charge in [0.15, 0.2) is 19.2 Å². The van der Waals surface area contributed by atoms with E-state index in [0.29, 0.717) is 23.6 Å². The molecule has 1 heterocycles.